The number of nitrogens with one attached hydrogen (secondary N) is 1. The first kappa shape index (κ1) is 13.8. The molecule has 0 saturated carbocycles. The highest BCUT2D eigenvalue weighted by atomic mass is 15.2. The number of H-pyrrole nitrogens is 1. The van der Waals surface area contributed by atoms with Gasteiger partial charge in [-0.05, 0) is 42.5 Å². The van der Waals surface area contributed by atoms with Crippen molar-refractivity contribution in [3.63, 3.8) is 0 Å². The van der Waals surface area contributed by atoms with Gasteiger partial charge in [-0.15, -0.1) is 0 Å². The van der Waals surface area contributed by atoms with E-state index in [1.54, 1.807) is 6.20 Å². The summed E-state index contributed by atoms with van der Waals surface area (Å²) in [7, 11) is 0. The van der Waals surface area contributed by atoms with E-state index in [-0.39, 0.29) is 0 Å². The van der Waals surface area contributed by atoms with E-state index in [4.69, 9.17) is 0 Å². The van der Waals surface area contributed by atoms with Crippen LogP contribution in [0.25, 0.3) is 10.9 Å². The molecule has 1 atom stereocenters. The van der Waals surface area contributed by atoms with Crippen LogP contribution in [0.15, 0.2) is 48.7 Å². The average molecular weight is 302 g/mol. The van der Waals surface area contributed by atoms with Crippen LogP contribution in [0.2, 0.25) is 0 Å². The number of aromatic amines is 1. The Bertz CT molecular complexity index is 841. The van der Waals surface area contributed by atoms with E-state index < -0.39 is 0 Å². The van der Waals surface area contributed by atoms with Crippen molar-refractivity contribution < 1.29 is 0 Å². The molecule has 0 aliphatic carbocycles. The van der Waals surface area contributed by atoms with Gasteiger partial charge in [-0.2, -0.15) is 5.26 Å². The van der Waals surface area contributed by atoms with Gasteiger partial charge in [0.05, 0.1) is 5.56 Å². The highest BCUT2D eigenvalue weighted by molar-refractivity contribution is 5.80. The number of para-hydroxylation sites is 1. The van der Waals surface area contributed by atoms with Gasteiger partial charge in [0.25, 0.3) is 0 Å². The standard InChI is InChI=1S/C19H18N4/c20-12-15-6-3-9-21-19(15)23-10-4-7-16(13-23)18-11-14-5-1-2-8-17(14)22-18/h1-3,5-6,8-9,11,16,22H,4,7,10,13H2/t16-/m0/s1. The number of nitriles is 1. The average Bonchev–Trinajstić information content (AvgIpc) is 3.06. The second kappa shape index (κ2) is 5.77. The van der Waals surface area contributed by atoms with Crippen LogP contribution in [0.1, 0.15) is 30.0 Å². The lowest BCUT2D eigenvalue weighted by Crippen LogP contribution is -2.35. The zero-order valence-electron chi connectivity index (χ0n) is 12.9. The maximum atomic E-state index is 9.30. The van der Waals surface area contributed by atoms with Gasteiger partial charge >= 0.3 is 0 Å². The molecule has 1 fully saturated rings. The molecule has 0 radical (unpaired) electrons. The molecule has 23 heavy (non-hydrogen) atoms. The lowest BCUT2D eigenvalue weighted by Gasteiger charge is -2.33. The van der Waals surface area contributed by atoms with Crippen LogP contribution < -0.4 is 4.90 Å². The lowest BCUT2D eigenvalue weighted by atomic mass is 9.94. The summed E-state index contributed by atoms with van der Waals surface area (Å²) in [5.41, 5.74) is 3.13. The first-order chi connectivity index (χ1) is 11.3. The normalized spacial score (nSPS) is 18.0. The molecule has 1 aliphatic rings. The van der Waals surface area contributed by atoms with Gasteiger partial charge in [-0.25, -0.2) is 4.98 Å². The molecular formula is C19H18N4. The number of fused-ring (bicyclic) bond motifs is 1. The van der Waals surface area contributed by atoms with Gasteiger partial charge in [0.15, 0.2) is 0 Å². The summed E-state index contributed by atoms with van der Waals surface area (Å²) in [4.78, 5) is 10.2. The molecule has 114 valence electrons. The maximum Gasteiger partial charge on any atom is 0.146 e. The van der Waals surface area contributed by atoms with Crippen LogP contribution in [0.3, 0.4) is 0 Å². The van der Waals surface area contributed by atoms with E-state index in [1.165, 1.54) is 16.6 Å². The molecule has 4 rings (SSSR count). The molecule has 4 heteroatoms. The van der Waals surface area contributed by atoms with E-state index in [0.29, 0.717) is 11.5 Å². The molecule has 3 heterocycles. The van der Waals surface area contributed by atoms with E-state index in [1.807, 2.05) is 12.1 Å². The molecule has 0 bridgehead atoms. The molecular weight excluding hydrogens is 284 g/mol. The van der Waals surface area contributed by atoms with Crippen molar-refractivity contribution in [1.29, 1.82) is 5.26 Å². The summed E-state index contributed by atoms with van der Waals surface area (Å²) in [6.07, 6.45) is 4.04. The Labute approximate surface area is 135 Å². The zero-order valence-corrected chi connectivity index (χ0v) is 12.9. The van der Waals surface area contributed by atoms with Crippen molar-refractivity contribution in [2.24, 2.45) is 0 Å². The Morgan fingerprint density at radius 1 is 1.22 bits per heavy atom. The van der Waals surface area contributed by atoms with Crippen molar-refractivity contribution in [3.8, 4) is 6.07 Å². The largest absolute Gasteiger partial charge is 0.358 e. The van der Waals surface area contributed by atoms with Crippen molar-refractivity contribution in [2.45, 2.75) is 18.8 Å². The Kier molecular flexibility index (Phi) is 3.47. The predicted octanol–water partition coefficient (Wildman–Crippen LogP) is 3.82. The number of anilines is 1. The Morgan fingerprint density at radius 3 is 3.00 bits per heavy atom. The Morgan fingerprint density at radius 2 is 2.13 bits per heavy atom. The minimum absolute atomic E-state index is 0.449. The molecule has 0 amide bonds. The van der Waals surface area contributed by atoms with Gasteiger partial charge in [-0.3, -0.25) is 0 Å². The van der Waals surface area contributed by atoms with Gasteiger partial charge in [0, 0.05) is 36.4 Å². The minimum Gasteiger partial charge on any atom is -0.358 e. The molecule has 3 aromatic rings. The SMILES string of the molecule is N#Cc1cccnc1N1CCC[C@H](c2cc3ccccc3[nH]2)C1. The van der Waals surface area contributed by atoms with Crippen LogP contribution in [-0.2, 0) is 0 Å². The number of piperidine rings is 1. The van der Waals surface area contributed by atoms with Gasteiger partial charge in [-0.1, -0.05) is 18.2 Å². The third-order valence-electron chi connectivity index (χ3n) is 4.62. The third-order valence-corrected chi connectivity index (χ3v) is 4.62. The number of hydrogen-bond acceptors (Lipinski definition) is 3. The number of pyridine rings is 1. The molecule has 1 saturated heterocycles. The summed E-state index contributed by atoms with van der Waals surface area (Å²) < 4.78 is 0. The van der Waals surface area contributed by atoms with Crippen LogP contribution in [0.5, 0.6) is 0 Å². The zero-order chi connectivity index (χ0) is 15.6. The molecule has 1 N–H and O–H groups in total. The summed E-state index contributed by atoms with van der Waals surface area (Å²) in [6.45, 7) is 1.86. The van der Waals surface area contributed by atoms with E-state index >= 15 is 0 Å². The Balaban J connectivity index is 1.63. The number of nitrogens with zero attached hydrogens (tertiary/aromatic N) is 3. The molecule has 0 unspecified atom stereocenters. The first-order valence-electron chi connectivity index (χ1n) is 8.03. The summed E-state index contributed by atoms with van der Waals surface area (Å²) >= 11 is 0. The van der Waals surface area contributed by atoms with Crippen LogP contribution in [-0.4, -0.2) is 23.1 Å². The monoisotopic (exact) mass is 302 g/mol. The van der Waals surface area contributed by atoms with Crippen LogP contribution >= 0.6 is 0 Å². The fraction of sp³-hybridized carbons (Fsp3) is 0.263. The van der Waals surface area contributed by atoms with Gasteiger partial charge < -0.3 is 9.88 Å². The van der Waals surface area contributed by atoms with E-state index in [0.717, 1.165) is 31.7 Å². The van der Waals surface area contributed by atoms with E-state index in [9.17, 15) is 5.26 Å². The third kappa shape index (κ3) is 2.55. The highest BCUT2D eigenvalue weighted by Crippen LogP contribution is 2.31. The maximum absolute atomic E-state index is 9.30. The first-order valence-corrected chi connectivity index (χ1v) is 8.03. The highest BCUT2D eigenvalue weighted by Gasteiger charge is 2.24. The van der Waals surface area contributed by atoms with Crippen LogP contribution in [0, 0.1) is 11.3 Å². The number of aromatic nitrogens is 2. The fourth-order valence-electron chi connectivity index (χ4n) is 3.48. The topological polar surface area (TPSA) is 55.7 Å². The van der Waals surface area contributed by atoms with Gasteiger partial charge in [0.1, 0.15) is 11.9 Å². The number of benzene rings is 1. The van der Waals surface area contributed by atoms with Gasteiger partial charge in [0.2, 0.25) is 0 Å². The van der Waals surface area contributed by atoms with E-state index in [2.05, 4.69) is 51.3 Å². The molecule has 0 spiro atoms. The van der Waals surface area contributed by atoms with Crippen molar-refractivity contribution >= 4 is 16.7 Å². The number of rotatable bonds is 2. The molecule has 1 aliphatic heterocycles. The van der Waals surface area contributed by atoms with Crippen LogP contribution in [0.4, 0.5) is 5.82 Å². The summed E-state index contributed by atoms with van der Waals surface area (Å²) in [6, 6.07) is 16.6. The van der Waals surface area contributed by atoms with Crippen molar-refractivity contribution in [3.05, 3.63) is 59.9 Å². The molecule has 1 aromatic carbocycles. The summed E-state index contributed by atoms with van der Waals surface area (Å²) in [5, 5.41) is 10.6. The Hall–Kier alpha value is -2.80. The smallest absolute Gasteiger partial charge is 0.146 e. The quantitative estimate of drug-likeness (QED) is 0.783. The lowest BCUT2D eigenvalue weighted by molar-refractivity contribution is 0.500. The minimum atomic E-state index is 0.449. The fourth-order valence-corrected chi connectivity index (χ4v) is 3.48. The van der Waals surface area contributed by atoms with Crippen molar-refractivity contribution in [2.75, 3.05) is 18.0 Å². The number of hydrogen-bond donors (Lipinski definition) is 1. The predicted molar refractivity (Wildman–Crippen MR) is 91.4 cm³/mol. The molecule has 2 aromatic heterocycles. The summed E-state index contributed by atoms with van der Waals surface area (Å²) in [5.74, 6) is 1.26. The second-order valence-corrected chi connectivity index (χ2v) is 6.08. The molecule has 4 nitrogen and oxygen atoms in total. The van der Waals surface area contributed by atoms with Crippen molar-refractivity contribution in [1.82, 2.24) is 9.97 Å². The second-order valence-electron chi connectivity index (χ2n) is 6.08.